The summed E-state index contributed by atoms with van der Waals surface area (Å²) >= 11 is 0. The molecule has 7 heteroatoms. The first-order chi connectivity index (χ1) is 18.4. The largest absolute Gasteiger partial charge is 1.00 e. The number of hydrogen-bond donors (Lipinski definition) is 0. The first kappa shape index (κ1) is 38.9. The van der Waals surface area contributed by atoms with E-state index in [-0.39, 0.29) is 41.7 Å². The third-order valence-corrected chi connectivity index (χ3v) is 8.26. The molecule has 0 fully saturated rings. The molecule has 0 saturated carbocycles. The predicted molar refractivity (Wildman–Crippen MR) is 157 cm³/mol. The summed E-state index contributed by atoms with van der Waals surface area (Å²) in [5, 5.41) is 0. The van der Waals surface area contributed by atoms with E-state index in [1.807, 2.05) is 0 Å². The van der Waals surface area contributed by atoms with Crippen LogP contribution >= 0.6 is 0 Å². The maximum Gasteiger partial charge on any atom is 1.00 e. The molecular formula is C32H56FNaO4S. The van der Waals surface area contributed by atoms with Gasteiger partial charge in [0.1, 0.15) is 15.9 Å². The van der Waals surface area contributed by atoms with E-state index in [2.05, 4.69) is 13.8 Å². The molecule has 0 aliphatic carbocycles. The summed E-state index contributed by atoms with van der Waals surface area (Å²) in [6.07, 6.45) is 25.1. The average Bonchev–Trinajstić information content (AvgIpc) is 2.88. The van der Waals surface area contributed by atoms with Gasteiger partial charge in [0.25, 0.3) is 0 Å². The summed E-state index contributed by atoms with van der Waals surface area (Å²) in [6.45, 7) is 4.42. The Morgan fingerprint density at radius 1 is 0.692 bits per heavy atom. The van der Waals surface area contributed by atoms with Crippen LogP contribution in [0.15, 0.2) is 23.1 Å². The Bertz CT molecular complexity index is 803. The van der Waals surface area contributed by atoms with Gasteiger partial charge in [-0.2, -0.15) is 0 Å². The van der Waals surface area contributed by atoms with Gasteiger partial charge < -0.3 is 9.29 Å². The molecule has 1 rings (SSSR count). The van der Waals surface area contributed by atoms with Crippen molar-refractivity contribution in [3.63, 3.8) is 0 Å². The van der Waals surface area contributed by atoms with Crippen LogP contribution in [0.25, 0.3) is 0 Å². The molecule has 0 spiro atoms. The molecule has 1 unspecified atom stereocenters. The molecule has 1 atom stereocenters. The fourth-order valence-electron chi connectivity index (χ4n) is 4.99. The minimum Gasteiger partial charge on any atom is -0.744 e. The maximum atomic E-state index is 14.4. The van der Waals surface area contributed by atoms with Crippen LogP contribution < -0.4 is 34.3 Å². The second kappa shape index (κ2) is 25.6. The number of rotatable bonds is 26. The van der Waals surface area contributed by atoms with Crippen molar-refractivity contribution in [1.29, 1.82) is 0 Å². The van der Waals surface area contributed by atoms with Crippen LogP contribution in [0.5, 0.6) is 5.75 Å². The zero-order chi connectivity index (χ0) is 27.9. The van der Waals surface area contributed by atoms with Gasteiger partial charge in [-0.25, -0.2) is 12.8 Å². The average molecular weight is 579 g/mol. The standard InChI is InChI=1S/C32H57FO4S.Na/c1-3-5-7-9-11-12-13-14-15-16-17-18-19-20-22-24-29-26-27-31(38(34,35)36)30(28-29)37-32(33)25-23-21-10-8-6-4-2;/h26-28,32H,3-25H2,1-2H3,(H,34,35,36);/q;+1/p-1. The fourth-order valence-corrected chi connectivity index (χ4v) is 5.58. The second-order valence-electron chi connectivity index (χ2n) is 11.0. The van der Waals surface area contributed by atoms with E-state index < -0.39 is 21.4 Å². The van der Waals surface area contributed by atoms with Crippen LogP contribution in [0.3, 0.4) is 0 Å². The second-order valence-corrected chi connectivity index (χ2v) is 12.4. The Morgan fingerprint density at radius 2 is 1.10 bits per heavy atom. The Kier molecular flexibility index (Phi) is 25.5. The van der Waals surface area contributed by atoms with Gasteiger partial charge in [0.15, 0.2) is 0 Å². The molecule has 39 heavy (non-hydrogen) atoms. The van der Waals surface area contributed by atoms with Gasteiger partial charge >= 0.3 is 29.6 Å². The smallest absolute Gasteiger partial charge is 0.744 e. The van der Waals surface area contributed by atoms with E-state index in [0.29, 0.717) is 6.42 Å². The van der Waals surface area contributed by atoms with Gasteiger partial charge in [0.05, 0.1) is 4.90 Å². The Morgan fingerprint density at radius 3 is 1.54 bits per heavy atom. The number of alkyl halides is 1. The van der Waals surface area contributed by atoms with Crippen LogP contribution in [0.2, 0.25) is 0 Å². The van der Waals surface area contributed by atoms with Crippen molar-refractivity contribution in [3.05, 3.63) is 23.8 Å². The zero-order valence-corrected chi connectivity index (χ0v) is 28.3. The SMILES string of the molecule is CCCCCCCCCCCCCCCCCc1ccc(S(=O)(=O)[O-])c(OC(F)CCCCCCCC)c1.[Na+]. The molecule has 0 aromatic heterocycles. The summed E-state index contributed by atoms with van der Waals surface area (Å²) in [4.78, 5) is -0.469. The number of ether oxygens (including phenoxy) is 1. The number of halogens is 1. The molecule has 0 saturated heterocycles. The van der Waals surface area contributed by atoms with Crippen molar-refractivity contribution in [3.8, 4) is 5.75 Å². The fraction of sp³-hybridized carbons (Fsp3) is 0.812. The molecule has 0 amide bonds. The zero-order valence-electron chi connectivity index (χ0n) is 25.5. The van der Waals surface area contributed by atoms with E-state index in [0.717, 1.165) is 50.5 Å². The first-order valence-corrected chi connectivity index (χ1v) is 17.2. The van der Waals surface area contributed by atoms with Gasteiger partial charge in [-0.15, -0.1) is 0 Å². The van der Waals surface area contributed by atoms with Gasteiger partial charge in [-0.3, -0.25) is 0 Å². The molecule has 0 radical (unpaired) electrons. The van der Waals surface area contributed by atoms with Crippen molar-refractivity contribution in [2.24, 2.45) is 0 Å². The van der Waals surface area contributed by atoms with Crippen LogP contribution in [0.4, 0.5) is 4.39 Å². The Labute approximate surface area is 262 Å². The van der Waals surface area contributed by atoms with Gasteiger partial charge in [0.2, 0.25) is 6.36 Å². The normalized spacial score (nSPS) is 12.3. The van der Waals surface area contributed by atoms with E-state index >= 15 is 0 Å². The molecule has 0 N–H and O–H groups in total. The van der Waals surface area contributed by atoms with Gasteiger partial charge in [-0.05, 0) is 37.0 Å². The quantitative estimate of drug-likeness (QED) is 0.0651. The third kappa shape index (κ3) is 21.3. The van der Waals surface area contributed by atoms with Gasteiger partial charge in [0, 0.05) is 6.42 Å². The van der Waals surface area contributed by atoms with E-state index in [9.17, 15) is 17.4 Å². The van der Waals surface area contributed by atoms with Crippen molar-refractivity contribution in [2.75, 3.05) is 0 Å². The number of aryl methyl sites for hydroxylation is 1. The van der Waals surface area contributed by atoms with Crippen molar-refractivity contribution < 1.29 is 51.7 Å². The summed E-state index contributed by atoms with van der Waals surface area (Å²) in [5.74, 6) is -0.142. The minimum absolute atomic E-state index is 0. The van der Waals surface area contributed by atoms with Crippen molar-refractivity contribution in [2.45, 2.75) is 173 Å². The number of hydrogen-bond acceptors (Lipinski definition) is 4. The summed E-state index contributed by atoms with van der Waals surface area (Å²) in [6, 6.07) is 4.47. The molecule has 0 aliphatic rings. The van der Waals surface area contributed by atoms with Crippen LogP contribution in [0, 0.1) is 0 Å². The van der Waals surface area contributed by atoms with E-state index in [4.69, 9.17) is 4.74 Å². The Hall–Kier alpha value is -0.140. The van der Waals surface area contributed by atoms with Crippen molar-refractivity contribution >= 4 is 10.1 Å². The van der Waals surface area contributed by atoms with Crippen LogP contribution in [-0.2, 0) is 16.5 Å². The predicted octanol–water partition coefficient (Wildman–Crippen LogP) is 7.43. The topological polar surface area (TPSA) is 66.4 Å². The molecule has 222 valence electrons. The maximum absolute atomic E-state index is 14.4. The molecule has 0 bridgehead atoms. The molecule has 1 aromatic carbocycles. The molecular weight excluding hydrogens is 522 g/mol. The summed E-state index contributed by atoms with van der Waals surface area (Å²) in [7, 11) is -4.72. The summed E-state index contributed by atoms with van der Waals surface area (Å²) in [5.41, 5.74) is 0.883. The Balaban J connectivity index is 0.0000144. The van der Waals surface area contributed by atoms with Crippen LogP contribution in [-0.4, -0.2) is 19.3 Å². The van der Waals surface area contributed by atoms with Crippen molar-refractivity contribution in [1.82, 2.24) is 0 Å². The number of benzene rings is 1. The molecule has 0 aliphatic heterocycles. The van der Waals surface area contributed by atoms with Gasteiger partial charge in [-0.1, -0.05) is 142 Å². The third-order valence-electron chi connectivity index (χ3n) is 7.39. The van der Waals surface area contributed by atoms with E-state index in [1.54, 1.807) is 12.1 Å². The van der Waals surface area contributed by atoms with E-state index in [1.165, 1.54) is 96.0 Å². The molecule has 4 nitrogen and oxygen atoms in total. The minimum atomic E-state index is -4.72. The number of unbranched alkanes of at least 4 members (excludes halogenated alkanes) is 19. The summed E-state index contributed by atoms with van der Waals surface area (Å²) < 4.78 is 54.7. The monoisotopic (exact) mass is 578 g/mol. The molecule has 1 aromatic rings. The molecule has 0 heterocycles. The van der Waals surface area contributed by atoms with Crippen LogP contribution in [0.1, 0.15) is 161 Å². The first-order valence-electron chi connectivity index (χ1n) is 15.8.